The summed E-state index contributed by atoms with van der Waals surface area (Å²) < 4.78 is 16.3. The molecule has 0 aliphatic rings. The molecule has 1 atom stereocenters. The Balaban J connectivity index is 1.82. The summed E-state index contributed by atoms with van der Waals surface area (Å²) in [6.07, 6.45) is 0. The molecule has 23 heavy (non-hydrogen) atoms. The molecule has 0 aliphatic carbocycles. The molecule has 2 aromatic heterocycles. The van der Waals surface area contributed by atoms with Gasteiger partial charge in [0, 0.05) is 11.5 Å². The van der Waals surface area contributed by atoms with E-state index < -0.39 is 0 Å². The molecule has 0 saturated carbocycles. The van der Waals surface area contributed by atoms with Crippen LogP contribution in [0.5, 0.6) is 5.75 Å². The van der Waals surface area contributed by atoms with Crippen molar-refractivity contribution < 1.29 is 18.5 Å². The number of ether oxygens (including phenoxy) is 1. The van der Waals surface area contributed by atoms with Crippen LogP contribution in [0.1, 0.15) is 41.9 Å². The molecule has 0 spiro atoms. The van der Waals surface area contributed by atoms with E-state index >= 15 is 0 Å². The number of amides is 1. The van der Waals surface area contributed by atoms with Crippen molar-refractivity contribution in [1.29, 1.82) is 0 Å². The zero-order valence-electron chi connectivity index (χ0n) is 13.3. The monoisotopic (exact) mass is 314 g/mol. The number of benzene rings is 1. The third-order valence-corrected chi connectivity index (χ3v) is 3.46. The van der Waals surface area contributed by atoms with Gasteiger partial charge >= 0.3 is 0 Å². The number of furan rings is 1. The lowest BCUT2D eigenvalue weighted by molar-refractivity contribution is 0.0926. The summed E-state index contributed by atoms with van der Waals surface area (Å²) >= 11 is 0. The predicted molar refractivity (Wildman–Crippen MR) is 84.5 cm³/mol. The quantitative estimate of drug-likeness (QED) is 0.778. The first kappa shape index (κ1) is 15.1. The highest BCUT2D eigenvalue weighted by Gasteiger charge is 2.18. The maximum Gasteiger partial charge on any atom is 0.274 e. The zero-order valence-corrected chi connectivity index (χ0v) is 13.3. The maximum atomic E-state index is 12.1. The van der Waals surface area contributed by atoms with Gasteiger partial charge in [0.15, 0.2) is 17.0 Å². The van der Waals surface area contributed by atoms with Crippen molar-refractivity contribution in [2.75, 3.05) is 6.61 Å². The minimum absolute atomic E-state index is 0.250. The summed E-state index contributed by atoms with van der Waals surface area (Å²) in [5.41, 5.74) is 0.934. The Labute approximate surface area is 133 Å². The molecule has 1 aromatic carbocycles. The fourth-order valence-corrected chi connectivity index (χ4v) is 2.35. The van der Waals surface area contributed by atoms with Crippen LogP contribution in [0, 0.1) is 6.92 Å². The van der Waals surface area contributed by atoms with Gasteiger partial charge in [-0.05, 0) is 32.9 Å². The van der Waals surface area contributed by atoms with Crippen LogP contribution >= 0.6 is 0 Å². The van der Waals surface area contributed by atoms with E-state index in [0.29, 0.717) is 29.5 Å². The van der Waals surface area contributed by atoms with Crippen LogP contribution in [0.15, 0.2) is 39.3 Å². The van der Waals surface area contributed by atoms with Gasteiger partial charge in [0.1, 0.15) is 11.5 Å². The molecule has 3 aromatic rings. The van der Waals surface area contributed by atoms with Crippen molar-refractivity contribution >= 4 is 16.9 Å². The third kappa shape index (κ3) is 3.06. The van der Waals surface area contributed by atoms with Gasteiger partial charge in [-0.15, -0.1) is 0 Å². The van der Waals surface area contributed by atoms with Crippen LogP contribution in [0.2, 0.25) is 0 Å². The second-order valence-electron chi connectivity index (χ2n) is 5.27. The van der Waals surface area contributed by atoms with Gasteiger partial charge in [0.25, 0.3) is 5.91 Å². The number of carbonyl (C=O) groups excluding carboxylic acids is 1. The van der Waals surface area contributed by atoms with Gasteiger partial charge in [-0.3, -0.25) is 4.79 Å². The van der Waals surface area contributed by atoms with E-state index in [4.69, 9.17) is 13.7 Å². The molecule has 0 saturated heterocycles. The number of nitrogens with one attached hydrogen (secondary N) is 1. The van der Waals surface area contributed by atoms with Gasteiger partial charge < -0.3 is 19.0 Å². The van der Waals surface area contributed by atoms with Crippen molar-refractivity contribution in [3.8, 4) is 5.75 Å². The summed E-state index contributed by atoms with van der Waals surface area (Å²) in [7, 11) is 0. The number of nitrogens with zero attached hydrogens (tertiary/aromatic N) is 1. The number of para-hydroxylation sites is 1. The van der Waals surface area contributed by atoms with Gasteiger partial charge in [-0.2, -0.15) is 0 Å². The number of aryl methyl sites for hydroxylation is 1. The molecule has 0 bridgehead atoms. The third-order valence-electron chi connectivity index (χ3n) is 3.46. The van der Waals surface area contributed by atoms with Crippen molar-refractivity contribution in [2.45, 2.75) is 26.8 Å². The van der Waals surface area contributed by atoms with Crippen LogP contribution in [-0.2, 0) is 0 Å². The van der Waals surface area contributed by atoms with Crippen LogP contribution < -0.4 is 10.1 Å². The Hall–Kier alpha value is -2.76. The van der Waals surface area contributed by atoms with Crippen LogP contribution in [0.25, 0.3) is 11.0 Å². The van der Waals surface area contributed by atoms with E-state index in [9.17, 15) is 4.79 Å². The number of hydrogen-bond acceptors (Lipinski definition) is 5. The van der Waals surface area contributed by atoms with Crippen molar-refractivity contribution in [2.24, 2.45) is 0 Å². The van der Waals surface area contributed by atoms with Gasteiger partial charge in [0.05, 0.1) is 12.6 Å². The minimum atomic E-state index is -0.306. The summed E-state index contributed by atoms with van der Waals surface area (Å²) in [6, 6.07) is 8.90. The standard InChI is InChI=1S/C17H18N2O4/c1-4-21-14-7-5-6-12-9-15(22-16(12)14)11(3)18-17(20)13-8-10(2)23-19-13/h5-9,11H,4H2,1-3H3,(H,18,20). The van der Waals surface area contributed by atoms with Crippen molar-refractivity contribution in [3.05, 3.63) is 47.5 Å². The molecule has 6 nitrogen and oxygen atoms in total. The topological polar surface area (TPSA) is 77.5 Å². The summed E-state index contributed by atoms with van der Waals surface area (Å²) in [5, 5.41) is 7.48. The second-order valence-corrected chi connectivity index (χ2v) is 5.27. The highest BCUT2D eigenvalue weighted by molar-refractivity contribution is 5.92. The van der Waals surface area contributed by atoms with E-state index in [2.05, 4.69) is 10.5 Å². The molecule has 6 heteroatoms. The van der Waals surface area contributed by atoms with E-state index in [1.165, 1.54) is 0 Å². The number of hydrogen-bond donors (Lipinski definition) is 1. The zero-order chi connectivity index (χ0) is 16.4. The van der Waals surface area contributed by atoms with Gasteiger partial charge in [-0.1, -0.05) is 17.3 Å². The lowest BCUT2D eigenvalue weighted by Gasteiger charge is -2.09. The SMILES string of the molecule is CCOc1cccc2cc(C(C)NC(=O)c3cc(C)on3)oc12. The Morgan fingerprint density at radius 2 is 2.22 bits per heavy atom. The first-order valence-electron chi connectivity index (χ1n) is 7.48. The molecule has 1 unspecified atom stereocenters. The normalized spacial score (nSPS) is 12.3. The van der Waals surface area contributed by atoms with Crippen molar-refractivity contribution in [3.63, 3.8) is 0 Å². The molecule has 120 valence electrons. The number of rotatable bonds is 5. The second kappa shape index (κ2) is 6.16. The van der Waals surface area contributed by atoms with Crippen LogP contribution in [0.4, 0.5) is 0 Å². The molecule has 0 radical (unpaired) electrons. The van der Waals surface area contributed by atoms with E-state index in [-0.39, 0.29) is 17.6 Å². The highest BCUT2D eigenvalue weighted by atomic mass is 16.5. The lowest BCUT2D eigenvalue weighted by Crippen LogP contribution is -2.26. The molecule has 0 aliphatic heterocycles. The maximum absolute atomic E-state index is 12.1. The largest absolute Gasteiger partial charge is 0.490 e. The van der Waals surface area contributed by atoms with Crippen LogP contribution in [0.3, 0.4) is 0 Å². The average molecular weight is 314 g/mol. The fraction of sp³-hybridized carbons (Fsp3) is 0.294. The number of carbonyl (C=O) groups is 1. The Bertz CT molecular complexity index is 834. The molecule has 1 amide bonds. The smallest absolute Gasteiger partial charge is 0.274 e. The molecule has 2 heterocycles. The van der Waals surface area contributed by atoms with E-state index in [1.54, 1.807) is 13.0 Å². The average Bonchev–Trinajstić information content (AvgIpc) is 3.14. The molecule has 3 rings (SSSR count). The predicted octanol–water partition coefficient (Wildman–Crippen LogP) is 3.62. The van der Waals surface area contributed by atoms with Crippen molar-refractivity contribution in [1.82, 2.24) is 10.5 Å². The Morgan fingerprint density at radius 1 is 1.39 bits per heavy atom. The summed E-state index contributed by atoms with van der Waals surface area (Å²) in [6.45, 7) is 6.07. The first-order chi connectivity index (χ1) is 11.1. The molecular weight excluding hydrogens is 296 g/mol. The summed E-state index contributed by atoms with van der Waals surface area (Å²) in [4.78, 5) is 12.1. The Kier molecular flexibility index (Phi) is 4.06. The van der Waals surface area contributed by atoms with Crippen LogP contribution in [-0.4, -0.2) is 17.7 Å². The van der Waals surface area contributed by atoms with E-state index in [1.807, 2.05) is 38.1 Å². The van der Waals surface area contributed by atoms with Gasteiger partial charge in [-0.25, -0.2) is 0 Å². The first-order valence-corrected chi connectivity index (χ1v) is 7.48. The Morgan fingerprint density at radius 3 is 2.91 bits per heavy atom. The minimum Gasteiger partial charge on any atom is -0.490 e. The molecule has 1 N–H and O–H groups in total. The highest BCUT2D eigenvalue weighted by Crippen LogP contribution is 2.31. The molecule has 0 fully saturated rings. The number of aromatic nitrogens is 1. The lowest BCUT2D eigenvalue weighted by atomic mass is 10.2. The van der Waals surface area contributed by atoms with E-state index in [0.717, 1.165) is 5.39 Å². The van der Waals surface area contributed by atoms with Gasteiger partial charge in [0.2, 0.25) is 0 Å². The summed E-state index contributed by atoms with van der Waals surface area (Å²) in [5.74, 6) is 1.63. The fourth-order valence-electron chi connectivity index (χ4n) is 2.35. The number of fused-ring (bicyclic) bond motifs is 1. The molecular formula is C17H18N2O4.